The lowest BCUT2D eigenvalue weighted by Crippen LogP contribution is -2.07. The lowest BCUT2D eigenvalue weighted by atomic mass is 10.2. The van der Waals surface area contributed by atoms with Gasteiger partial charge in [0.2, 0.25) is 0 Å². The Balaban J connectivity index is 2.12. The number of hydrogen-bond acceptors (Lipinski definition) is 4. The van der Waals surface area contributed by atoms with Gasteiger partial charge < -0.3 is 10.1 Å². The first-order valence-corrected chi connectivity index (χ1v) is 6.56. The summed E-state index contributed by atoms with van der Waals surface area (Å²) in [5.74, 6) is 1.13. The van der Waals surface area contributed by atoms with Gasteiger partial charge in [-0.3, -0.25) is 0 Å². The number of benzene rings is 1. The Labute approximate surface area is 118 Å². The number of hydrogen-bond donors (Lipinski definition) is 1. The first kappa shape index (κ1) is 14.2. The van der Waals surface area contributed by atoms with Crippen LogP contribution in [0.4, 0.5) is 10.2 Å². The number of rotatable bonds is 5. The van der Waals surface area contributed by atoms with E-state index >= 15 is 0 Å². The van der Waals surface area contributed by atoms with Crippen molar-refractivity contribution >= 4 is 5.82 Å². The molecule has 0 atom stereocenters. The second kappa shape index (κ2) is 6.32. The second-order valence-electron chi connectivity index (χ2n) is 4.56. The van der Waals surface area contributed by atoms with Gasteiger partial charge in [0.25, 0.3) is 0 Å². The van der Waals surface area contributed by atoms with Crippen LogP contribution in [0, 0.1) is 19.7 Å². The number of halogens is 1. The highest BCUT2D eigenvalue weighted by atomic mass is 19.1. The molecule has 4 nitrogen and oxygen atoms in total. The van der Waals surface area contributed by atoms with Crippen molar-refractivity contribution < 1.29 is 9.13 Å². The standard InChI is InChI=1S/C15H18FN3O/c1-4-17-14-8-11(3)18-15(19-14)9-20-13-7-10(2)5-6-12(13)16/h5-8H,4,9H2,1-3H3,(H,17,18,19). The van der Waals surface area contributed by atoms with Crippen LogP contribution >= 0.6 is 0 Å². The minimum absolute atomic E-state index is 0.139. The molecule has 5 heteroatoms. The average molecular weight is 275 g/mol. The Kier molecular flexibility index (Phi) is 4.50. The number of aromatic nitrogens is 2. The molecule has 0 amide bonds. The van der Waals surface area contributed by atoms with Crippen molar-refractivity contribution in [3.8, 4) is 5.75 Å². The smallest absolute Gasteiger partial charge is 0.168 e. The third-order valence-electron chi connectivity index (χ3n) is 2.70. The Bertz CT molecular complexity index is 602. The minimum Gasteiger partial charge on any atom is -0.483 e. The third kappa shape index (κ3) is 3.66. The zero-order valence-corrected chi connectivity index (χ0v) is 11.9. The van der Waals surface area contributed by atoms with Crippen LogP contribution in [0.25, 0.3) is 0 Å². The molecule has 0 fully saturated rings. The molecule has 1 heterocycles. The van der Waals surface area contributed by atoms with Crippen LogP contribution in [-0.2, 0) is 6.61 Å². The third-order valence-corrected chi connectivity index (χ3v) is 2.70. The summed E-state index contributed by atoms with van der Waals surface area (Å²) in [7, 11) is 0. The Hall–Kier alpha value is -2.17. The lowest BCUT2D eigenvalue weighted by molar-refractivity contribution is 0.280. The average Bonchev–Trinajstić information content (AvgIpc) is 2.40. The Morgan fingerprint density at radius 3 is 2.75 bits per heavy atom. The normalized spacial score (nSPS) is 10.4. The van der Waals surface area contributed by atoms with E-state index in [4.69, 9.17) is 4.74 Å². The Morgan fingerprint density at radius 1 is 1.20 bits per heavy atom. The molecule has 2 aromatic rings. The van der Waals surface area contributed by atoms with Crippen LogP contribution in [0.3, 0.4) is 0 Å². The van der Waals surface area contributed by atoms with Crippen molar-refractivity contribution in [2.45, 2.75) is 27.4 Å². The van der Waals surface area contributed by atoms with E-state index in [-0.39, 0.29) is 18.2 Å². The zero-order valence-electron chi connectivity index (χ0n) is 11.9. The SMILES string of the molecule is CCNc1cc(C)nc(COc2cc(C)ccc2F)n1. The number of ether oxygens (including phenoxy) is 1. The molecule has 0 aliphatic rings. The highest BCUT2D eigenvalue weighted by Crippen LogP contribution is 2.19. The van der Waals surface area contributed by atoms with E-state index in [1.807, 2.05) is 26.8 Å². The molecule has 0 saturated carbocycles. The van der Waals surface area contributed by atoms with Crippen molar-refractivity contribution in [1.82, 2.24) is 9.97 Å². The van der Waals surface area contributed by atoms with Gasteiger partial charge in [0.1, 0.15) is 12.4 Å². The van der Waals surface area contributed by atoms with E-state index in [9.17, 15) is 4.39 Å². The predicted octanol–water partition coefficient (Wildman–Crippen LogP) is 3.24. The molecule has 0 saturated heterocycles. The highest BCUT2D eigenvalue weighted by Gasteiger charge is 2.06. The maximum Gasteiger partial charge on any atom is 0.168 e. The lowest BCUT2D eigenvalue weighted by Gasteiger charge is -2.09. The van der Waals surface area contributed by atoms with Gasteiger partial charge in [-0.1, -0.05) is 6.07 Å². The number of anilines is 1. The molecule has 0 unspecified atom stereocenters. The number of aryl methyl sites for hydroxylation is 2. The van der Waals surface area contributed by atoms with Gasteiger partial charge in [0.15, 0.2) is 17.4 Å². The predicted molar refractivity (Wildman–Crippen MR) is 76.4 cm³/mol. The largest absolute Gasteiger partial charge is 0.483 e. The molecule has 0 aliphatic carbocycles. The summed E-state index contributed by atoms with van der Waals surface area (Å²) >= 11 is 0. The molecule has 0 spiro atoms. The zero-order chi connectivity index (χ0) is 14.5. The molecule has 1 aromatic heterocycles. The van der Waals surface area contributed by atoms with Gasteiger partial charge in [0.05, 0.1) is 0 Å². The van der Waals surface area contributed by atoms with E-state index in [0.29, 0.717) is 5.82 Å². The molecule has 106 valence electrons. The van der Waals surface area contributed by atoms with Crippen molar-refractivity contribution in [3.63, 3.8) is 0 Å². The summed E-state index contributed by atoms with van der Waals surface area (Å²) in [5.41, 5.74) is 1.79. The topological polar surface area (TPSA) is 47.0 Å². The van der Waals surface area contributed by atoms with E-state index in [1.165, 1.54) is 6.07 Å². The molecule has 2 rings (SSSR count). The molecule has 20 heavy (non-hydrogen) atoms. The van der Waals surface area contributed by atoms with E-state index in [1.54, 1.807) is 12.1 Å². The number of nitrogens with zero attached hydrogens (tertiary/aromatic N) is 2. The van der Waals surface area contributed by atoms with Crippen molar-refractivity contribution in [1.29, 1.82) is 0 Å². The molecule has 0 bridgehead atoms. The molecular weight excluding hydrogens is 257 g/mol. The molecule has 0 radical (unpaired) electrons. The van der Waals surface area contributed by atoms with Gasteiger partial charge in [-0.25, -0.2) is 14.4 Å². The van der Waals surface area contributed by atoms with Crippen LogP contribution in [0.2, 0.25) is 0 Å². The quantitative estimate of drug-likeness (QED) is 0.910. The Morgan fingerprint density at radius 2 is 2.00 bits per heavy atom. The summed E-state index contributed by atoms with van der Waals surface area (Å²) in [6, 6.07) is 6.62. The van der Waals surface area contributed by atoms with E-state index in [2.05, 4.69) is 15.3 Å². The fourth-order valence-electron chi connectivity index (χ4n) is 1.83. The second-order valence-corrected chi connectivity index (χ2v) is 4.56. The van der Waals surface area contributed by atoms with Crippen LogP contribution < -0.4 is 10.1 Å². The van der Waals surface area contributed by atoms with Crippen LogP contribution in [-0.4, -0.2) is 16.5 Å². The minimum atomic E-state index is -0.379. The molecule has 1 aromatic carbocycles. The molecule has 0 aliphatic heterocycles. The van der Waals surface area contributed by atoms with Gasteiger partial charge in [0, 0.05) is 18.3 Å². The fraction of sp³-hybridized carbons (Fsp3) is 0.333. The molecular formula is C15H18FN3O. The highest BCUT2D eigenvalue weighted by molar-refractivity contribution is 5.35. The monoisotopic (exact) mass is 275 g/mol. The van der Waals surface area contributed by atoms with E-state index in [0.717, 1.165) is 23.6 Å². The molecule has 1 N–H and O–H groups in total. The first-order valence-electron chi connectivity index (χ1n) is 6.56. The van der Waals surface area contributed by atoms with Crippen LogP contribution in [0.15, 0.2) is 24.3 Å². The van der Waals surface area contributed by atoms with Gasteiger partial charge >= 0.3 is 0 Å². The maximum atomic E-state index is 13.6. The maximum absolute atomic E-state index is 13.6. The number of nitrogens with one attached hydrogen (secondary N) is 1. The van der Waals surface area contributed by atoms with Gasteiger partial charge in [-0.05, 0) is 38.5 Å². The van der Waals surface area contributed by atoms with Crippen LogP contribution in [0.5, 0.6) is 5.75 Å². The summed E-state index contributed by atoms with van der Waals surface area (Å²) in [6.45, 7) is 6.69. The van der Waals surface area contributed by atoms with Gasteiger partial charge in [-0.15, -0.1) is 0 Å². The summed E-state index contributed by atoms with van der Waals surface area (Å²) in [4.78, 5) is 8.61. The van der Waals surface area contributed by atoms with Crippen molar-refractivity contribution in [2.24, 2.45) is 0 Å². The summed E-state index contributed by atoms with van der Waals surface area (Å²) in [5, 5.41) is 3.13. The van der Waals surface area contributed by atoms with Crippen LogP contribution in [0.1, 0.15) is 24.0 Å². The van der Waals surface area contributed by atoms with Crippen molar-refractivity contribution in [3.05, 3.63) is 47.2 Å². The summed E-state index contributed by atoms with van der Waals surface area (Å²) in [6.07, 6.45) is 0. The first-order chi connectivity index (χ1) is 9.58. The van der Waals surface area contributed by atoms with E-state index < -0.39 is 0 Å². The fourth-order valence-corrected chi connectivity index (χ4v) is 1.83. The summed E-state index contributed by atoms with van der Waals surface area (Å²) < 4.78 is 19.0. The van der Waals surface area contributed by atoms with Gasteiger partial charge in [-0.2, -0.15) is 0 Å². The van der Waals surface area contributed by atoms with Crippen molar-refractivity contribution in [2.75, 3.05) is 11.9 Å².